The molecule has 0 spiro atoms. The van der Waals surface area contributed by atoms with Crippen LogP contribution in [-0.4, -0.2) is 147 Å². The minimum absolute atomic E-state index is 0.0222. The lowest BCUT2D eigenvalue weighted by molar-refractivity contribution is -0.265. The average Bonchev–Trinajstić information content (AvgIpc) is 3.34. The summed E-state index contributed by atoms with van der Waals surface area (Å²) in [6.45, 7) is 16.4. The van der Waals surface area contributed by atoms with E-state index in [1.165, 1.54) is 12.0 Å². The molecule has 4 aliphatic rings. The number of methoxy groups -OCH3 is 3. The van der Waals surface area contributed by atoms with Crippen LogP contribution in [0.4, 0.5) is 0 Å². The van der Waals surface area contributed by atoms with Gasteiger partial charge in [0.1, 0.15) is 18.2 Å². The zero-order valence-electron chi connectivity index (χ0n) is 44.1. The van der Waals surface area contributed by atoms with Gasteiger partial charge in [0.25, 0.3) is 11.7 Å². The molecule has 2 bridgehead atoms. The van der Waals surface area contributed by atoms with Crippen molar-refractivity contribution in [2.75, 3.05) is 47.7 Å². The van der Waals surface area contributed by atoms with Crippen LogP contribution in [-0.2, 0) is 57.1 Å². The lowest BCUT2D eigenvalue weighted by Crippen LogP contribution is -2.61. The molecule has 1 amide bonds. The molecule has 1 saturated carbocycles. The Labute approximate surface area is 418 Å². The molecule has 2 N–H and O–H groups in total. The molecule has 3 fully saturated rings. The number of carbonyl (C=O) groups is 5. The molecule has 0 aromatic rings. The van der Waals surface area contributed by atoms with Crippen molar-refractivity contribution < 1.29 is 67.3 Å². The van der Waals surface area contributed by atoms with E-state index in [1.807, 2.05) is 65.0 Å². The van der Waals surface area contributed by atoms with E-state index in [1.54, 1.807) is 41.1 Å². The molecule has 4 rings (SSSR count). The van der Waals surface area contributed by atoms with E-state index >= 15 is 0 Å². The Morgan fingerprint density at radius 1 is 0.857 bits per heavy atom. The quantitative estimate of drug-likeness (QED) is 0.120. The van der Waals surface area contributed by atoms with Gasteiger partial charge in [-0.1, -0.05) is 71.1 Å². The molecule has 2 unspecified atom stereocenters. The maximum absolute atomic E-state index is 14.5. The van der Waals surface area contributed by atoms with Crippen LogP contribution in [0.15, 0.2) is 47.6 Å². The molecule has 15 atom stereocenters. The SMILES string of the molecule is CCOCCO[C@@H]1CC[C@@H](C[C@@H](C)[C@@H]2CC(=O)C(C)=CC(C)[C@@H](O)[C@@H](OC)C(=O)[C@H](C)C[C@H](C)C=CC=CC=C(C)[C@@H](OC)CC3CC[C@@H](C)[C@@](O)(O3)C(=O)C(=O)N3CCCC[C@H]3C(=O)O2)C[C@H]1OC. The molecule has 1 aliphatic carbocycles. The molecule has 0 aromatic carbocycles. The van der Waals surface area contributed by atoms with Gasteiger partial charge in [0.2, 0.25) is 5.79 Å². The maximum atomic E-state index is 14.5. The van der Waals surface area contributed by atoms with Crippen LogP contribution < -0.4 is 0 Å². The van der Waals surface area contributed by atoms with Crippen molar-refractivity contribution in [3.8, 4) is 0 Å². The van der Waals surface area contributed by atoms with Gasteiger partial charge in [-0.2, -0.15) is 0 Å². The van der Waals surface area contributed by atoms with Gasteiger partial charge in [-0.05, 0) is 114 Å². The normalized spacial score (nSPS) is 36.0. The number of amides is 1. The Morgan fingerprint density at radius 2 is 1.60 bits per heavy atom. The van der Waals surface area contributed by atoms with Crippen LogP contribution in [0.25, 0.3) is 0 Å². The number of carbonyl (C=O) groups excluding carboxylic acids is 5. The number of hydrogen-bond donors (Lipinski definition) is 2. The number of esters is 1. The van der Waals surface area contributed by atoms with Crippen LogP contribution in [0.3, 0.4) is 0 Å². The number of allylic oxidation sites excluding steroid dienone is 6. The number of aliphatic hydroxyl groups excluding tert-OH is 1. The Bertz CT molecular complexity index is 1840. The molecule has 70 heavy (non-hydrogen) atoms. The number of ketones is 3. The van der Waals surface area contributed by atoms with E-state index in [4.69, 9.17) is 33.2 Å². The molecule has 3 aliphatic heterocycles. The summed E-state index contributed by atoms with van der Waals surface area (Å²) >= 11 is 0. The second kappa shape index (κ2) is 28.7. The first kappa shape index (κ1) is 59.2. The van der Waals surface area contributed by atoms with Crippen LogP contribution in [0.1, 0.15) is 132 Å². The second-order valence-electron chi connectivity index (χ2n) is 20.6. The maximum Gasteiger partial charge on any atom is 0.329 e. The number of Topliss-reactive ketones (excluding diaryl/α,β-unsaturated/α-hetero) is 3. The summed E-state index contributed by atoms with van der Waals surface area (Å²) in [6, 6.07) is -1.14. The van der Waals surface area contributed by atoms with Crippen molar-refractivity contribution >= 4 is 29.2 Å². The van der Waals surface area contributed by atoms with E-state index in [0.29, 0.717) is 76.8 Å². The van der Waals surface area contributed by atoms with Gasteiger partial charge in [0, 0.05) is 65.1 Å². The monoisotopic (exact) mass is 986 g/mol. The molecule has 15 heteroatoms. The van der Waals surface area contributed by atoms with Gasteiger partial charge in [-0.3, -0.25) is 19.2 Å². The van der Waals surface area contributed by atoms with Crippen molar-refractivity contribution in [3.63, 3.8) is 0 Å². The summed E-state index contributed by atoms with van der Waals surface area (Å²) < 4.78 is 41.5. The largest absolute Gasteiger partial charge is 0.460 e. The second-order valence-corrected chi connectivity index (χ2v) is 20.6. The number of cyclic esters (lactones) is 1. The Balaban J connectivity index is 1.68. The number of ether oxygens (including phenoxy) is 7. The van der Waals surface area contributed by atoms with Gasteiger partial charge >= 0.3 is 5.97 Å². The fourth-order valence-electron chi connectivity index (χ4n) is 10.7. The molecule has 0 radical (unpaired) electrons. The van der Waals surface area contributed by atoms with Gasteiger partial charge in [-0.15, -0.1) is 0 Å². The molecule has 396 valence electrons. The standard InChI is InChI=1S/C55H87NO14/c1-12-67-26-27-68-45-24-22-41(31-48(45)65-10)30-37(5)47-33-44(57)36(4)29-39(7)50(59)51(66-11)49(58)38(6)28-34(2)18-14-13-15-19-35(3)46(64-9)32-42-23-21-40(8)55(63,70-42)52(60)53(61)56-25-17-16-20-43(56)54(62)69-47/h13-15,18-19,29,34,37-43,45-48,50-51,59,63H,12,16-17,20-28,30-33H2,1-11H3/t34-,37-,38-,39?,40-,41+,42?,43+,45-,46+,47+,48-,50-,51+,55-/m1/s1. The van der Waals surface area contributed by atoms with E-state index in [-0.39, 0.29) is 60.9 Å². The van der Waals surface area contributed by atoms with Crippen LogP contribution in [0.2, 0.25) is 0 Å². The number of fused-ring (bicyclic) bond motifs is 3. The summed E-state index contributed by atoms with van der Waals surface area (Å²) in [5.74, 6) is -7.81. The number of nitrogens with zero attached hydrogens (tertiary/aromatic N) is 1. The van der Waals surface area contributed by atoms with Crippen molar-refractivity contribution in [2.45, 2.75) is 187 Å². The summed E-state index contributed by atoms with van der Waals surface area (Å²) in [7, 11) is 4.65. The topological polar surface area (TPSA) is 194 Å². The number of piperidine rings is 1. The van der Waals surface area contributed by atoms with E-state index < -0.39 is 77.8 Å². The summed E-state index contributed by atoms with van der Waals surface area (Å²) in [6.07, 6.45) is 12.5. The molecule has 2 saturated heterocycles. The third-order valence-corrected chi connectivity index (χ3v) is 15.2. The molecule has 0 aromatic heterocycles. The predicted molar refractivity (Wildman–Crippen MR) is 265 cm³/mol. The van der Waals surface area contributed by atoms with Crippen molar-refractivity contribution in [2.24, 2.45) is 35.5 Å². The summed E-state index contributed by atoms with van der Waals surface area (Å²) in [4.78, 5) is 72.3. The van der Waals surface area contributed by atoms with Crippen LogP contribution in [0.5, 0.6) is 0 Å². The van der Waals surface area contributed by atoms with Gasteiger partial charge in [0.05, 0.1) is 43.7 Å². The smallest absolute Gasteiger partial charge is 0.329 e. The predicted octanol–water partition coefficient (Wildman–Crippen LogP) is 7.24. The summed E-state index contributed by atoms with van der Waals surface area (Å²) in [5.41, 5.74) is 1.21. The van der Waals surface area contributed by atoms with E-state index in [9.17, 15) is 34.2 Å². The number of hydrogen-bond acceptors (Lipinski definition) is 14. The average molecular weight is 986 g/mol. The Kier molecular flexibility index (Phi) is 24.3. The van der Waals surface area contributed by atoms with Crippen molar-refractivity contribution in [1.29, 1.82) is 0 Å². The van der Waals surface area contributed by atoms with Crippen molar-refractivity contribution in [1.82, 2.24) is 4.90 Å². The highest BCUT2D eigenvalue weighted by Gasteiger charge is 2.53. The van der Waals surface area contributed by atoms with Gasteiger partial charge < -0.3 is 48.3 Å². The highest BCUT2D eigenvalue weighted by atomic mass is 16.6. The van der Waals surface area contributed by atoms with Crippen LogP contribution >= 0.6 is 0 Å². The van der Waals surface area contributed by atoms with E-state index in [2.05, 4.69) is 0 Å². The first-order valence-corrected chi connectivity index (χ1v) is 26.0. The molecule has 3 heterocycles. The van der Waals surface area contributed by atoms with Gasteiger partial charge in [0.15, 0.2) is 11.6 Å². The molecular weight excluding hydrogens is 899 g/mol. The zero-order chi connectivity index (χ0) is 51.7. The number of aliphatic hydroxyl groups is 2. The fraction of sp³-hybridized carbons (Fsp3) is 0.764. The molecule has 15 nitrogen and oxygen atoms in total. The first-order chi connectivity index (χ1) is 33.3. The highest BCUT2D eigenvalue weighted by molar-refractivity contribution is 6.39. The number of rotatable bonds is 11. The third kappa shape index (κ3) is 16.3. The Hall–Kier alpha value is -3.41. The van der Waals surface area contributed by atoms with Crippen molar-refractivity contribution in [3.05, 3.63) is 47.6 Å². The third-order valence-electron chi connectivity index (χ3n) is 15.2. The van der Waals surface area contributed by atoms with Gasteiger partial charge in [-0.25, -0.2) is 4.79 Å². The zero-order valence-corrected chi connectivity index (χ0v) is 44.1. The van der Waals surface area contributed by atoms with E-state index in [0.717, 1.165) is 18.4 Å². The van der Waals surface area contributed by atoms with Crippen LogP contribution in [0, 0.1) is 35.5 Å². The first-order valence-electron chi connectivity index (χ1n) is 26.0. The lowest BCUT2D eigenvalue weighted by atomic mass is 9.78. The minimum atomic E-state index is -2.43. The lowest BCUT2D eigenvalue weighted by Gasteiger charge is -2.42. The fourth-order valence-corrected chi connectivity index (χ4v) is 10.7. The minimum Gasteiger partial charge on any atom is -0.460 e. The molecular formula is C55H87NO14. The highest BCUT2D eigenvalue weighted by Crippen LogP contribution is 2.38. The Morgan fingerprint density at radius 3 is 2.29 bits per heavy atom. The summed E-state index contributed by atoms with van der Waals surface area (Å²) in [5, 5.41) is 23.5.